The van der Waals surface area contributed by atoms with E-state index in [9.17, 15) is 9.59 Å². The molecule has 1 N–H and O–H groups in total. The summed E-state index contributed by atoms with van der Waals surface area (Å²) in [5.41, 5.74) is 2.77. The smallest absolute Gasteiger partial charge is 0.270 e. The van der Waals surface area contributed by atoms with E-state index in [0.717, 1.165) is 29.8 Å². The average molecular weight is 498 g/mol. The zero-order valence-electron chi connectivity index (χ0n) is 19.4. The molecular weight excluding hydrogens is 473 g/mol. The number of carbonyl (C=O) groups is 2. The highest BCUT2D eigenvalue weighted by Gasteiger charge is 2.36. The second-order valence-electron chi connectivity index (χ2n) is 8.96. The van der Waals surface area contributed by atoms with Gasteiger partial charge in [-0.1, -0.05) is 30.7 Å². The molecule has 0 spiro atoms. The third kappa shape index (κ3) is 4.26. The van der Waals surface area contributed by atoms with Crippen LogP contribution < -0.4 is 15.1 Å². The van der Waals surface area contributed by atoms with Gasteiger partial charge in [-0.2, -0.15) is 0 Å². The lowest BCUT2D eigenvalue weighted by Gasteiger charge is -2.43. The van der Waals surface area contributed by atoms with Crippen molar-refractivity contribution in [2.75, 3.05) is 16.3 Å². The summed E-state index contributed by atoms with van der Waals surface area (Å²) < 4.78 is 15.3. The van der Waals surface area contributed by atoms with E-state index in [1.165, 1.54) is 17.0 Å². The van der Waals surface area contributed by atoms with Crippen molar-refractivity contribution < 1.29 is 14.0 Å². The van der Waals surface area contributed by atoms with Crippen LogP contribution in [0, 0.1) is 5.82 Å². The number of allylic oxidation sites excluding steroid dienone is 1. The molecule has 2 heterocycles. The Morgan fingerprint density at radius 2 is 1.94 bits per heavy atom. The number of anilines is 2. The lowest BCUT2D eigenvalue weighted by molar-refractivity contribution is -0.122. The van der Waals surface area contributed by atoms with E-state index in [0.29, 0.717) is 10.7 Å². The molecule has 0 aromatic heterocycles. The molecular formula is C26H25ClFN3O2S. The van der Waals surface area contributed by atoms with Crippen molar-refractivity contribution in [1.82, 2.24) is 5.32 Å². The molecule has 0 atom stereocenters. The number of hydrogen-bond acceptors (Lipinski definition) is 4. The number of amides is 2. The quantitative estimate of drug-likeness (QED) is 0.333. The molecule has 2 aromatic rings. The van der Waals surface area contributed by atoms with Gasteiger partial charge >= 0.3 is 0 Å². The molecule has 34 heavy (non-hydrogen) atoms. The first-order valence-corrected chi connectivity index (χ1v) is 11.8. The van der Waals surface area contributed by atoms with E-state index in [2.05, 4.69) is 37.1 Å². The lowest BCUT2D eigenvalue weighted by atomic mass is 9.87. The number of carbonyl (C=O) groups excluding carboxylic acids is 2. The Morgan fingerprint density at radius 3 is 2.62 bits per heavy atom. The van der Waals surface area contributed by atoms with Gasteiger partial charge in [0, 0.05) is 28.4 Å². The van der Waals surface area contributed by atoms with Gasteiger partial charge in [0.25, 0.3) is 11.8 Å². The Hall–Kier alpha value is -3.03. The minimum atomic E-state index is -0.675. The fourth-order valence-electron chi connectivity index (χ4n) is 4.52. The number of fused-ring (bicyclic) bond motifs is 1. The van der Waals surface area contributed by atoms with Crippen molar-refractivity contribution in [2.24, 2.45) is 0 Å². The molecule has 0 bridgehead atoms. The molecule has 1 fully saturated rings. The molecule has 176 valence electrons. The van der Waals surface area contributed by atoms with Crippen molar-refractivity contribution in [2.45, 2.75) is 39.7 Å². The zero-order chi connectivity index (χ0) is 24.8. The van der Waals surface area contributed by atoms with Gasteiger partial charge in [0.1, 0.15) is 11.4 Å². The van der Waals surface area contributed by atoms with Crippen LogP contribution >= 0.6 is 23.8 Å². The van der Waals surface area contributed by atoms with Gasteiger partial charge in [0.05, 0.1) is 11.2 Å². The normalized spacial score (nSPS) is 18.7. The van der Waals surface area contributed by atoms with Gasteiger partial charge in [0.15, 0.2) is 5.11 Å². The zero-order valence-corrected chi connectivity index (χ0v) is 21.0. The predicted octanol–water partition coefficient (Wildman–Crippen LogP) is 5.72. The minimum Gasteiger partial charge on any atom is -0.362 e. The monoisotopic (exact) mass is 497 g/mol. The van der Waals surface area contributed by atoms with Crippen molar-refractivity contribution in [3.63, 3.8) is 0 Å². The summed E-state index contributed by atoms with van der Waals surface area (Å²) in [5, 5.41) is 2.87. The molecule has 0 unspecified atom stereocenters. The third-order valence-corrected chi connectivity index (χ3v) is 6.53. The fraction of sp³-hybridized carbons (Fsp3) is 0.269. The topological polar surface area (TPSA) is 52.7 Å². The SMILES string of the molecule is CCCN1c2cc(F)c(/C=C3/C(=O)NC(=S)N(c4cccc(Cl)c4)C3=O)cc2C(C)=CC1(C)C. The van der Waals surface area contributed by atoms with E-state index >= 15 is 4.39 Å². The molecule has 5 nitrogen and oxygen atoms in total. The number of thiocarbonyl (C=S) groups is 1. The predicted molar refractivity (Wildman–Crippen MR) is 139 cm³/mol. The van der Waals surface area contributed by atoms with Crippen LogP contribution in [0.4, 0.5) is 15.8 Å². The van der Waals surface area contributed by atoms with E-state index in [-0.39, 0.29) is 21.8 Å². The maximum atomic E-state index is 15.3. The van der Waals surface area contributed by atoms with Crippen molar-refractivity contribution in [3.05, 3.63) is 70.0 Å². The Kier molecular flexibility index (Phi) is 6.36. The minimum absolute atomic E-state index is 0.0588. The highest BCUT2D eigenvalue weighted by molar-refractivity contribution is 7.80. The van der Waals surface area contributed by atoms with Gasteiger partial charge in [-0.15, -0.1) is 0 Å². The van der Waals surface area contributed by atoms with Crippen molar-refractivity contribution in [3.8, 4) is 0 Å². The van der Waals surface area contributed by atoms with E-state index in [1.54, 1.807) is 30.3 Å². The summed E-state index contributed by atoms with van der Waals surface area (Å²) in [4.78, 5) is 29.3. The second kappa shape index (κ2) is 8.96. The van der Waals surface area contributed by atoms with Crippen molar-refractivity contribution in [1.29, 1.82) is 0 Å². The summed E-state index contributed by atoms with van der Waals surface area (Å²) in [5.74, 6) is -1.83. The van der Waals surface area contributed by atoms with Gasteiger partial charge in [-0.05, 0) is 81.4 Å². The van der Waals surface area contributed by atoms with Crippen LogP contribution in [0.5, 0.6) is 0 Å². The van der Waals surface area contributed by atoms with Crippen LogP contribution in [-0.4, -0.2) is 29.0 Å². The summed E-state index contributed by atoms with van der Waals surface area (Å²) in [7, 11) is 0. The standard InChI is InChI=1S/C26H25ClFN3O2S/c1-5-9-30-22-13-21(28)16(10-19(22)15(2)14-26(30,3)4)11-20-23(32)29-25(34)31(24(20)33)18-8-6-7-17(27)12-18/h6-8,10-14H,5,9H2,1-4H3,(H,29,32,34)/b20-11-. The molecule has 0 radical (unpaired) electrons. The number of nitrogens with one attached hydrogen (secondary N) is 1. The average Bonchev–Trinajstić information content (AvgIpc) is 2.74. The first kappa shape index (κ1) is 24.1. The number of benzene rings is 2. The van der Waals surface area contributed by atoms with Crippen molar-refractivity contribution >= 4 is 63.8 Å². The summed E-state index contributed by atoms with van der Waals surface area (Å²) in [6.45, 7) is 9.04. The number of hydrogen-bond donors (Lipinski definition) is 1. The maximum Gasteiger partial charge on any atom is 0.270 e. The maximum absolute atomic E-state index is 15.3. The van der Waals surface area contributed by atoms with Gasteiger partial charge in [-0.25, -0.2) is 4.39 Å². The Labute approximate surface area is 208 Å². The molecule has 4 rings (SSSR count). The summed E-state index contributed by atoms with van der Waals surface area (Å²) in [6, 6.07) is 9.74. The van der Waals surface area contributed by atoms with Crippen LogP contribution in [0.25, 0.3) is 11.6 Å². The summed E-state index contributed by atoms with van der Waals surface area (Å²) >= 11 is 11.3. The Balaban J connectivity index is 1.79. The molecule has 0 aliphatic carbocycles. The van der Waals surface area contributed by atoms with Crippen LogP contribution in [0.3, 0.4) is 0 Å². The van der Waals surface area contributed by atoms with Gasteiger partial charge in [0.2, 0.25) is 0 Å². The fourth-order valence-corrected chi connectivity index (χ4v) is 4.99. The Morgan fingerprint density at radius 1 is 1.21 bits per heavy atom. The first-order valence-electron chi connectivity index (χ1n) is 11.0. The van der Waals surface area contributed by atoms with Crippen LogP contribution in [0.1, 0.15) is 45.2 Å². The highest BCUT2D eigenvalue weighted by atomic mass is 35.5. The molecule has 1 saturated heterocycles. The molecule has 0 saturated carbocycles. The molecule has 8 heteroatoms. The number of halogens is 2. The molecule has 2 amide bonds. The van der Waals surface area contributed by atoms with E-state index in [1.807, 2.05) is 6.92 Å². The number of nitrogens with zero attached hydrogens (tertiary/aromatic N) is 2. The number of rotatable bonds is 4. The lowest BCUT2D eigenvalue weighted by Crippen LogP contribution is -2.54. The molecule has 2 aromatic carbocycles. The third-order valence-electron chi connectivity index (χ3n) is 6.01. The van der Waals surface area contributed by atoms with Crippen LogP contribution in [0.2, 0.25) is 5.02 Å². The highest BCUT2D eigenvalue weighted by Crippen LogP contribution is 2.40. The molecule has 2 aliphatic rings. The summed E-state index contributed by atoms with van der Waals surface area (Å²) in [6.07, 6.45) is 4.35. The van der Waals surface area contributed by atoms with E-state index in [4.69, 9.17) is 23.8 Å². The van der Waals surface area contributed by atoms with Gasteiger partial charge < -0.3 is 4.90 Å². The van der Waals surface area contributed by atoms with Gasteiger partial charge in [-0.3, -0.25) is 19.8 Å². The first-order chi connectivity index (χ1) is 16.0. The van der Waals surface area contributed by atoms with Crippen LogP contribution in [0.15, 0.2) is 48.0 Å². The largest absolute Gasteiger partial charge is 0.362 e. The van der Waals surface area contributed by atoms with Crippen LogP contribution in [-0.2, 0) is 9.59 Å². The molecule has 2 aliphatic heterocycles. The second-order valence-corrected chi connectivity index (χ2v) is 9.78. The Bertz CT molecular complexity index is 1280. The van der Waals surface area contributed by atoms with E-state index < -0.39 is 17.6 Å².